The van der Waals surface area contributed by atoms with Gasteiger partial charge in [0.2, 0.25) is 23.6 Å². The molecule has 4 amide bonds. The number of aliphatic hydroxyl groups excluding tert-OH is 1. The zero-order valence-corrected chi connectivity index (χ0v) is 19.2. The second-order valence-corrected chi connectivity index (χ2v) is 8.55. The monoisotopic (exact) mass is 466 g/mol. The summed E-state index contributed by atoms with van der Waals surface area (Å²) in [4.78, 5) is 50.3. The van der Waals surface area contributed by atoms with Crippen LogP contribution in [0.15, 0.2) is 54.6 Å². The van der Waals surface area contributed by atoms with Gasteiger partial charge in [-0.25, -0.2) is 0 Å². The first kappa shape index (κ1) is 24.9. The first-order valence-corrected chi connectivity index (χ1v) is 11.2. The van der Waals surface area contributed by atoms with Crippen molar-refractivity contribution in [3.05, 3.63) is 60.2 Å². The van der Waals surface area contributed by atoms with Crippen molar-refractivity contribution in [2.24, 2.45) is 5.73 Å². The van der Waals surface area contributed by atoms with Crippen LogP contribution in [0, 0.1) is 0 Å². The Morgan fingerprint density at radius 1 is 1.03 bits per heavy atom. The number of nitrogens with one attached hydrogen (secondary N) is 2. The molecule has 0 spiro atoms. The minimum atomic E-state index is -0.988. The highest BCUT2D eigenvalue weighted by molar-refractivity contribution is 5.94. The summed E-state index contributed by atoms with van der Waals surface area (Å²) in [6.45, 7) is 2.76. The number of hydrogen-bond acceptors (Lipinski definition) is 5. The summed E-state index contributed by atoms with van der Waals surface area (Å²) in [6, 6.07) is 14.6. The van der Waals surface area contributed by atoms with Crippen molar-refractivity contribution >= 4 is 23.6 Å². The number of benzene rings is 2. The number of nitrogens with two attached hydrogens (primary N) is 1. The van der Waals surface area contributed by atoms with Gasteiger partial charge in [0.15, 0.2) is 0 Å². The van der Waals surface area contributed by atoms with E-state index in [0.717, 1.165) is 16.7 Å². The van der Waals surface area contributed by atoms with Crippen LogP contribution in [0.2, 0.25) is 0 Å². The highest BCUT2D eigenvalue weighted by Gasteiger charge is 2.41. The number of amides is 4. The quantitative estimate of drug-likeness (QED) is 0.444. The maximum Gasteiger partial charge on any atom is 0.245 e. The van der Waals surface area contributed by atoms with Crippen LogP contribution in [-0.4, -0.2) is 64.4 Å². The highest BCUT2D eigenvalue weighted by atomic mass is 16.3. The predicted molar refractivity (Wildman–Crippen MR) is 126 cm³/mol. The zero-order valence-electron chi connectivity index (χ0n) is 19.2. The predicted octanol–water partition coefficient (Wildman–Crippen LogP) is 0.353. The molecule has 2 aromatic carbocycles. The molecule has 0 radical (unpaired) electrons. The van der Waals surface area contributed by atoms with Gasteiger partial charge in [-0.2, -0.15) is 0 Å². The molecule has 34 heavy (non-hydrogen) atoms. The van der Waals surface area contributed by atoms with Crippen molar-refractivity contribution in [1.82, 2.24) is 15.5 Å². The van der Waals surface area contributed by atoms with E-state index in [2.05, 4.69) is 10.6 Å². The number of aliphatic hydroxyl groups is 1. The Morgan fingerprint density at radius 3 is 2.24 bits per heavy atom. The average Bonchev–Trinajstić information content (AvgIpc) is 3.20. The summed E-state index contributed by atoms with van der Waals surface area (Å²) in [5.41, 5.74) is 8.44. The van der Waals surface area contributed by atoms with Crippen LogP contribution in [0.1, 0.15) is 25.8 Å². The van der Waals surface area contributed by atoms with Crippen LogP contribution in [0.4, 0.5) is 0 Å². The van der Waals surface area contributed by atoms with Gasteiger partial charge in [-0.1, -0.05) is 54.6 Å². The van der Waals surface area contributed by atoms with E-state index in [0.29, 0.717) is 0 Å². The van der Waals surface area contributed by atoms with Gasteiger partial charge in [-0.3, -0.25) is 19.2 Å². The van der Waals surface area contributed by atoms with E-state index in [1.807, 2.05) is 54.6 Å². The molecule has 0 saturated carbocycles. The highest BCUT2D eigenvalue weighted by Crippen LogP contribution is 2.21. The van der Waals surface area contributed by atoms with Crippen LogP contribution >= 0.6 is 0 Å². The number of nitrogens with zero attached hydrogens (tertiary/aromatic N) is 1. The molecule has 0 bridgehead atoms. The summed E-state index contributed by atoms with van der Waals surface area (Å²) in [6.07, 6.45) is -0.676. The molecule has 0 unspecified atom stereocenters. The Bertz CT molecular complexity index is 1040. The fraction of sp³-hybridized carbons (Fsp3) is 0.360. The van der Waals surface area contributed by atoms with Gasteiger partial charge in [-0.05, 0) is 23.6 Å². The molecule has 3 rings (SSSR count). The van der Waals surface area contributed by atoms with Gasteiger partial charge < -0.3 is 26.4 Å². The molecule has 0 aromatic heterocycles. The fourth-order valence-corrected chi connectivity index (χ4v) is 4.11. The number of carbonyl (C=O) groups is 4. The number of hydrogen-bond donors (Lipinski definition) is 4. The molecular formula is C25H30N4O5. The Kier molecular flexibility index (Phi) is 8.01. The van der Waals surface area contributed by atoms with Crippen molar-refractivity contribution in [3.63, 3.8) is 0 Å². The van der Waals surface area contributed by atoms with Crippen LogP contribution in [0.5, 0.6) is 0 Å². The van der Waals surface area contributed by atoms with Crippen molar-refractivity contribution in [2.45, 2.75) is 50.9 Å². The molecule has 1 fully saturated rings. The first-order chi connectivity index (χ1) is 16.2. The normalized spacial score (nSPS) is 19.2. The van der Waals surface area contributed by atoms with E-state index in [1.165, 1.54) is 18.7 Å². The lowest BCUT2D eigenvalue weighted by atomic mass is 10.00. The fourth-order valence-electron chi connectivity index (χ4n) is 4.11. The third kappa shape index (κ3) is 6.20. The number of β-amino-alcohol motifs (C(OH)–C–C–N with tert-alkyl or cyclic N) is 1. The van der Waals surface area contributed by atoms with E-state index in [1.54, 1.807) is 0 Å². The molecule has 9 nitrogen and oxygen atoms in total. The van der Waals surface area contributed by atoms with Crippen molar-refractivity contribution in [1.29, 1.82) is 0 Å². The molecule has 2 aromatic rings. The first-order valence-electron chi connectivity index (χ1n) is 11.2. The van der Waals surface area contributed by atoms with Crippen LogP contribution in [0.3, 0.4) is 0 Å². The van der Waals surface area contributed by atoms with Gasteiger partial charge >= 0.3 is 0 Å². The minimum absolute atomic E-state index is 0.0294. The Hall–Kier alpha value is -3.72. The third-order valence-corrected chi connectivity index (χ3v) is 5.82. The maximum absolute atomic E-state index is 13.0. The smallest absolute Gasteiger partial charge is 0.245 e. The van der Waals surface area contributed by atoms with Crippen molar-refractivity contribution < 1.29 is 24.3 Å². The summed E-state index contributed by atoms with van der Waals surface area (Å²) in [7, 11) is 0. The molecule has 0 aliphatic carbocycles. The lowest BCUT2D eigenvalue weighted by Crippen LogP contribution is -2.55. The lowest BCUT2D eigenvalue weighted by molar-refractivity contribution is -0.141. The Labute approximate surface area is 198 Å². The maximum atomic E-state index is 13.0. The van der Waals surface area contributed by atoms with E-state index in [9.17, 15) is 24.3 Å². The molecule has 9 heteroatoms. The number of carbonyl (C=O) groups excluding carboxylic acids is 4. The molecule has 4 atom stereocenters. The van der Waals surface area contributed by atoms with Gasteiger partial charge in [-0.15, -0.1) is 0 Å². The molecular weight excluding hydrogens is 436 g/mol. The van der Waals surface area contributed by atoms with Gasteiger partial charge in [0.05, 0.1) is 6.10 Å². The van der Waals surface area contributed by atoms with Crippen LogP contribution in [0.25, 0.3) is 11.1 Å². The largest absolute Gasteiger partial charge is 0.391 e. The second kappa shape index (κ2) is 10.9. The van der Waals surface area contributed by atoms with E-state index in [4.69, 9.17) is 5.73 Å². The van der Waals surface area contributed by atoms with Crippen LogP contribution in [-0.2, 0) is 25.6 Å². The number of rotatable bonds is 8. The molecule has 1 aliphatic rings. The second-order valence-electron chi connectivity index (χ2n) is 8.55. The average molecular weight is 467 g/mol. The molecule has 180 valence electrons. The standard InChI is InChI=1S/C25H30N4O5/c1-15(27-16(2)30)25(34)29-14-20(31)13-22(29)24(33)28-21(23(26)32)12-17-8-10-19(11-9-17)18-6-4-3-5-7-18/h3-11,15,20-22,31H,12-14H2,1-2H3,(H2,26,32)(H,27,30)(H,28,33)/t15-,20+,21+,22-/m0/s1. The van der Waals surface area contributed by atoms with Gasteiger partial charge in [0, 0.05) is 26.3 Å². The Morgan fingerprint density at radius 2 is 1.65 bits per heavy atom. The number of likely N-dealkylation sites (tertiary alicyclic amines) is 1. The van der Waals surface area contributed by atoms with Crippen molar-refractivity contribution in [2.75, 3.05) is 6.54 Å². The number of primary amides is 1. The van der Waals surface area contributed by atoms with Crippen LogP contribution < -0.4 is 16.4 Å². The lowest BCUT2D eigenvalue weighted by Gasteiger charge is -2.28. The Balaban J connectivity index is 1.68. The molecule has 1 saturated heterocycles. The summed E-state index contributed by atoms with van der Waals surface area (Å²) >= 11 is 0. The van der Waals surface area contributed by atoms with E-state index in [-0.39, 0.29) is 25.3 Å². The summed E-state index contributed by atoms with van der Waals surface area (Å²) < 4.78 is 0. The van der Waals surface area contributed by atoms with Gasteiger partial charge in [0.1, 0.15) is 18.1 Å². The van der Waals surface area contributed by atoms with E-state index >= 15 is 0 Å². The molecule has 1 heterocycles. The summed E-state index contributed by atoms with van der Waals surface area (Å²) in [5, 5.41) is 15.2. The van der Waals surface area contributed by atoms with Gasteiger partial charge in [0.25, 0.3) is 0 Å². The van der Waals surface area contributed by atoms with Crippen molar-refractivity contribution in [3.8, 4) is 11.1 Å². The summed E-state index contributed by atoms with van der Waals surface area (Å²) in [5.74, 6) is -2.15. The van der Waals surface area contributed by atoms with E-state index < -0.39 is 42.0 Å². The topological polar surface area (TPSA) is 142 Å². The molecule has 5 N–H and O–H groups in total. The molecule has 1 aliphatic heterocycles. The third-order valence-electron chi connectivity index (χ3n) is 5.82. The minimum Gasteiger partial charge on any atom is -0.391 e. The zero-order chi connectivity index (χ0) is 24.8. The SMILES string of the molecule is CC(=O)N[C@@H](C)C(=O)N1C[C@H](O)C[C@H]1C(=O)N[C@H](Cc1ccc(-c2ccccc2)cc1)C(N)=O.